The van der Waals surface area contributed by atoms with Gasteiger partial charge in [-0.1, -0.05) is 30.3 Å². The van der Waals surface area contributed by atoms with Crippen molar-refractivity contribution in [2.75, 3.05) is 13.6 Å². The van der Waals surface area contributed by atoms with E-state index in [4.69, 9.17) is 0 Å². The van der Waals surface area contributed by atoms with Crippen molar-refractivity contribution < 1.29 is 0 Å². The van der Waals surface area contributed by atoms with Crippen LogP contribution in [0.1, 0.15) is 31.0 Å². The number of likely N-dealkylation sites (tertiary alicyclic amines) is 1. The van der Waals surface area contributed by atoms with Gasteiger partial charge in [0.15, 0.2) is 5.96 Å². The normalized spacial score (nSPS) is 20.8. The van der Waals surface area contributed by atoms with Crippen molar-refractivity contribution >= 4 is 29.9 Å². The second-order valence-corrected chi connectivity index (χ2v) is 7.04. The SMILES string of the molecule is CN=C(NCc1ccnn1C)NC1CCN(Cc2ccccc2)C(C)C1.I. The summed E-state index contributed by atoms with van der Waals surface area (Å²) in [5.74, 6) is 0.861. The minimum atomic E-state index is 0. The van der Waals surface area contributed by atoms with Crippen LogP contribution < -0.4 is 10.6 Å². The number of benzene rings is 1. The molecule has 2 atom stereocenters. The monoisotopic (exact) mass is 482 g/mol. The number of aromatic nitrogens is 2. The number of aliphatic imine (C=N–C) groups is 1. The maximum atomic E-state index is 4.37. The van der Waals surface area contributed by atoms with Gasteiger partial charge in [-0.3, -0.25) is 14.6 Å². The zero-order chi connectivity index (χ0) is 18.4. The third-order valence-corrected chi connectivity index (χ3v) is 5.17. The number of rotatable bonds is 5. The van der Waals surface area contributed by atoms with E-state index in [2.05, 4.69) is 62.9 Å². The molecule has 0 spiro atoms. The van der Waals surface area contributed by atoms with E-state index >= 15 is 0 Å². The van der Waals surface area contributed by atoms with E-state index in [9.17, 15) is 0 Å². The van der Waals surface area contributed by atoms with E-state index in [0.29, 0.717) is 12.1 Å². The lowest BCUT2D eigenvalue weighted by atomic mass is 9.97. The number of hydrogen-bond donors (Lipinski definition) is 2. The van der Waals surface area contributed by atoms with Crippen molar-refractivity contribution in [1.29, 1.82) is 0 Å². The molecule has 2 aromatic rings. The summed E-state index contributed by atoms with van der Waals surface area (Å²) in [7, 11) is 3.78. The summed E-state index contributed by atoms with van der Waals surface area (Å²) < 4.78 is 1.88. The highest BCUT2D eigenvalue weighted by Crippen LogP contribution is 2.19. The summed E-state index contributed by atoms with van der Waals surface area (Å²) in [6.45, 7) is 5.18. The van der Waals surface area contributed by atoms with Crippen molar-refractivity contribution in [2.45, 2.75) is 44.9 Å². The Bertz CT molecular complexity index is 714. The van der Waals surface area contributed by atoms with E-state index in [1.807, 2.05) is 31.0 Å². The molecule has 1 aromatic carbocycles. The third kappa shape index (κ3) is 6.21. The average molecular weight is 482 g/mol. The Labute approximate surface area is 179 Å². The first kappa shape index (κ1) is 21.7. The van der Waals surface area contributed by atoms with E-state index in [0.717, 1.165) is 44.1 Å². The van der Waals surface area contributed by atoms with Crippen LogP contribution in [0.5, 0.6) is 0 Å². The van der Waals surface area contributed by atoms with Crippen LogP contribution in [0.3, 0.4) is 0 Å². The smallest absolute Gasteiger partial charge is 0.191 e. The van der Waals surface area contributed by atoms with Crippen molar-refractivity contribution in [3.05, 3.63) is 53.9 Å². The Morgan fingerprint density at radius 1 is 1.26 bits per heavy atom. The van der Waals surface area contributed by atoms with Gasteiger partial charge in [0.1, 0.15) is 0 Å². The molecule has 1 aromatic heterocycles. The fourth-order valence-electron chi connectivity index (χ4n) is 3.54. The molecule has 7 heteroatoms. The van der Waals surface area contributed by atoms with Gasteiger partial charge >= 0.3 is 0 Å². The molecule has 1 aliphatic heterocycles. The van der Waals surface area contributed by atoms with Crippen LogP contribution in [0.25, 0.3) is 0 Å². The van der Waals surface area contributed by atoms with Crippen LogP contribution in [0.2, 0.25) is 0 Å². The molecule has 6 nitrogen and oxygen atoms in total. The van der Waals surface area contributed by atoms with Gasteiger partial charge in [-0.2, -0.15) is 5.10 Å². The van der Waals surface area contributed by atoms with Gasteiger partial charge in [-0.25, -0.2) is 0 Å². The zero-order valence-corrected chi connectivity index (χ0v) is 18.8. The van der Waals surface area contributed by atoms with E-state index in [-0.39, 0.29) is 24.0 Å². The lowest BCUT2D eigenvalue weighted by Gasteiger charge is -2.38. The standard InChI is InChI=1S/C20H30N6.HI/c1-16-13-18(10-12-26(16)15-17-7-5-4-6-8-17)24-20(21-2)22-14-19-9-11-23-25(19)3;/h4-9,11,16,18H,10,12-15H2,1-3H3,(H2,21,22,24);1H. The molecule has 2 unspecified atom stereocenters. The third-order valence-electron chi connectivity index (χ3n) is 5.17. The van der Waals surface area contributed by atoms with E-state index in [1.165, 1.54) is 5.56 Å². The summed E-state index contributed by atoms with van der Waals surface area (Å²) in [5.41, 5.74) is 2.53. The average Bonchev–Trinajstić information content (AvgIpc) is 3.06. The Morgan fingerprint density at radius 3 is 2.67 bits per heavy atom. The fourth-order valence-corrected chi connectivity index (χ4v) is 3.54. The molecule has 0 radical (unpaired) electrons. The second-order valence-electron chi connectivity index (χ2n) is 7.04. The molecule has 0 saturated carbocycles. The molecule has 1 fully saturated rings. The number of hydrogen-bond acceptors (Lipinski definition) is 3. The van der Waals surface area contributed by atoms with Crippen molar-refractivity contribution in [2.24, 2.45) is 12.0 Å². The summed E-state index contributed by atoms with van der Waals surface area (Å²) in [6.07, 6.45) is 4.07. The first-order chi connectivity index (χ1) is 12.7. The minimum absolute atomic E-state index is 0. The molecule has 27 heavy (non-hydrogen) atoms. The number of piperidine rings is 1. The van der Waals surface area contributed by atoms with Gasteiger partial charge in [0.05, 0.1) is 12.2 Å². The highest BCUT2D eigenvalue weighted by molar-refractivity contribution is 14.0. The van der Waals surface area contributed by atoms with E-state index in [1.54, 1.807) is 0 Å². The largest absolute Gasteiger partial charge is 0.354 e. The van der Waals surface area contributed by atoms with Crippen molar-refractivity contribution in [3.8, 4) is 0 Å². The van der Waals surface area contributed by atoms with Crippen LogP contribution in [-0.4, -0.2) is 46.3 Å². The Morgan fingerprint density at radius 2 is 2.04 bits per heavy atom. The van der Waals surface area contributed by atoms with Gasteiger partial charge in [0, 0.05) is 45.5 Å². The maximum Gasteiger partial charge on any atom is 0.191 e. The van der Waals surface area contributed by atoms with Crippen LogP contribution in [0, 0.1) is 0 Å². The molecule has 2 heterocycles. The Balaban J connectivity index is 0.00000261. The predicted octanol–water partition coefficient (Wildman–Crippen LogP) is 2.76. The first-order valence-electron chi connectivity index (χ1n) is 9.37. The zero-order valence-electron chi connectivity index (χ0n) is 16.4. The Hall–Kier alpha value is -1.61. The highest BCUT2D eigenvalue weighted by atomic mass is 127. The van der Waals surface area contributed by atoms with Crippen molar-refractivity contribution in [3.63, 3.8) is 0 Å². The highest BCUT2D eigenvalue weighted by Gasteiger charge is 2.25. The minimum Gasteiger partial charge on any atom is -0.354 e. The predicted molar refractivity (Wildman–Crippen MR) is 121 cm³/mol. The van der Waals surface area contributed by atoms with Crippen LogP contribution >= 0.6 is 24.0 Å². The van der Waals surface area contributed by atoms with Gasteiger partial charge in [-0.05, 0) is 31.4 Å². The van der Waals surface area contributed by atoms with Gasteiger partial charge in [0.2, 0.25) is 0 Å². The number of nitrogens with zero attached hydrogens (tertiary/aromatic N) is 4. The second kappa shape index (κ2) is 10.7. The molecular formula is C20H31IN6. The van der Waals surface area contributed by atoms with Crippen LogP contribution in [0.15, 0.2) is 47.6 Å². The van der Waals surface area contributed by atoms with E-state index < -0.39 is 0 Å². The van der Waals surface area contributed by atoms with Crippen molar-refractivity contribution in [1.82, 2.24) is 25.3 Å². The molecule has 1 aliphatic rings. The van der Waals surface area contributed by atoms with Gasteiger partial charge < -0.3 is 10.6 Å². The molecule has 0 bridgehead atoms. The van der Waals surface area contributed by atoms with Crippen LogP contribution in [0.4, 0.5) is 0 Å². The molecule has 148 valence electrons. The molecule has 1 saturated heterocycles. The van der Waals surface area contributed by atoms with Gasteiger partial charge in [-0.15, -0.1) is 24.0 Å². The number of nitrogens with one attached hydrogen (secondary N) is 2. The number of halogens is 1. The first-order valence-corrected chi connectivity index (χ1v) is 9.37. The fraction of sp³-hybridized carbons (Fsp3) is 0.500. The molecule has 3 rings (SSSR count). The lowest BCUT2D eigenvalue weighted by molar-refractivity contribution is 0.134. The number of guanidine groups is 1. The quantitative estimate of drug-likeness (QED) is 0.391. The topological polar surface area (TPSA) is 57.5 Å². The molecular weight excluding hydrogens is 451 g/mol. The summed E-state index contributed by atoms with van der Waals surface area (Å²) in [4.78, 5) is 6.94. The summed E-state index contributed by atoms with van der Waals surface area (Å²) >= 11 is 0. The van der Waals surface area contributed by atoms with Crippen LogP contribution in [-0.2, 0) is 20.1 Å². The molecule has 0 amide bonds. The Kier molecular flexibility index (Phi) is 8.56. The number of aryl methyl sites for hydroxylation is 1. The lowest BCUT2D eigenvalue weighted by Crippen LogP contribution is -2.51. The molecule has 2 N–H and O–H groups in total. The summed E-state index contributed by atoms with van der Waals surface area (Å²) in [5, 5.41) is 11.2. The summed E-state index contributed by atoms with van der Waals surface area (Å²) in [6, 6.07) is 13.8. The maximum absolute atomic E-state index is 4.37. The molecule has 0 aliphatic carbocycles. The van der Waals surface area contributed by atoms with Gasteiger partial charge in [0.25, 0.3) is 0 Å².